The van der Waals surface area contributed by atoms with Gasteiger partial charge in [-0.3, -0.25) is 0 Å². The molecule has 0 aromatic carbocycles. The van der Waals surface area contributed by atoms with Gasteiger partial charge in [0.1, 0.15) is 0 Å². The van der Waals surface area contributed by atoms with Gasteiger partial charge in [-0.1, -0.05) is 0 Å². The highest BCUT2D eigenvalue weighted by molar-refractivity contribution is 7.12. The lowest BCUT2D eigenvalue weighted by Gasteiger charge is -2.30. The third kappa shape index (κ3) is 3.78. The molecule has 1 aliphatic heterocycles. The van der Waals surface area contributed by atoms with Crippen LogP contribution in [-0.2, 0) is 11.3 Å². The Morgan fingerprint density at radius 1 is 1.53 bits per heavy atom. The van der Waals surface area contributed by atoms with E-state index in [9.17, 15) is 0 Å². The number of hydrogen-bond donors (Lipinski definition) is 1. The van der Waals surface area contributed by atoms with Crippen LogP contribution in [0.15, 0.2) is 6.07 Å². The van der Waals surface area contributed by atoms with Gasteiger partial charge in [0, 0.05) is 35.9 Å². The Kier molecular flexibility index (Phi) is 4.56. The lowest BCUT2D eigenvalue weighted by atomic mass is 10.2. The van der Waals surface area contributed by atoms with Gasteiger partial charge >= 0.3 is 0 Å². The van der Waals surface area contributed by atoms with Crippen molar-refractivity contribution in [1.29, 1.82) is 0 Å². The normalized spacial score (nSPS) is 21.9. The summed E-state index contributed by atoms with van der Waals surface area (Å²) in [6.45, 7) is 9.22. The number of rotatable bonds is 4. The highest BCUT2D eigenvalue weighted by Gasteiger charge is 2.16. The predicted molar refractivity (Wildman–Crippen MR) is 72.7 cm³/mol. The molecule has 17 heavy (non-hydrogen) atoms. The van der Waals surface area contributed by atoms with Crippen molar-refractivity contribution in [2.45, 2.75) is 26.5 Å². The van der Waals surface area contributed by atoms with Crippen LogP contribution in [0.2, 0.25) is 0 Å². The van der Waals surface area contributed by atoms with Crippen LogP contribution in [-0.4, -0.2) is 44.3 Å². The molecule has 0 radical (unpaired) electrons. The van der Waals surface area contributed by atoms with Gasteiger partial charge in [-0.05, 0) is 32.5 Å². The van der Waals surface area contributed by atoms with Crippen LogP contribution >= 0.6 is 11.3 Å². The Morgan fingerprint density at radius 3 is 3.00 bits per heavy atom. The van der Waals surface area contributed by atoms with Crippen molar-refractivity contribution in [1.82, 2.24) is 10.2 Å². The fourth-order valence-corrected chi connectivity index (χ4v) is 3.11. The lowest BCUT2D eigenvalue weighted by molar-refractivity contribution is -0.0181. The van der Waals surface area contributed by atoms with Crippen molar-refractivity contribution in [3.8, 4) is 0 Å². The van der Waals surface area contributed by atoms with Crippen LogP contribution in [0.4, 0.5) is 0 Å². The average molecular weight is 254 g/mol. The highest BCUT2D eigenvalue weighted by Crippen LogP contribution is 2.20. The lowest BCUT2D eigenvalue weighted by Crippen LogP contribution is -2.44. The molecule has 2 rings (SSSR count). The molecule has 0 amide bonds. The molecule has 1 aliphatic rings. The van der Waals surface area contributed by atoms with Crippen molar-refractivity contribution in [2.75, 3.05) is 33.3 Å². The molecule has 0 spiro atoms. The summed E-state index contributed by atoms with van der Waals surface area (Å²) in [4.78, 5) is 5.18. The quantitative estimate of drug-likeness (QED) is 0.886. The number of ether oxygens (including phenoxy) is 1. The van der Waals surface area contributed by atoms with Crippen LogP contribution in [0.1, 0.15) is 15.3 Å². The first-order chi connectivity index (χ1) is 8.15. The number of nitrogens with zero attached hydrogens (tertiary/aromatic N) is 1. The summed E-state index contributed by atoms with van der Waals surface area (Å²) in [7, 11) is 2.15. The van der Waals surface area contributed by atoms with Crippen LogP contribution in [0.3, 0.4) is 0 Å². The second-order valence-electron chi connectivity index (χ2n) is 4.84. The van der Waals surface area contributed by atoms with Gasteiger partial charge in [0.15, 0.2) is 0 Å². The van der Waals surface area contributed by atoms with Crippen LogP contribution < -0.4 is 5.32 Å². The van der Waals surface area contributed by atoms with Crippen LogP contribution in [0, 0.1) is 13.8 Å². The second-order valence-corrected chi connectivity index (χ2v) is 6.18. The van der Waals surface area contributed by atoms with Crippen molar-refractivity contribution >= 4 is 11.3 Å². The maximum Gasteiger partial charge on any atom is 0.0826 e. The van der Waals surface area contributed by atoms with E-state index in [4.69, 9.17) is 4.74 Å². The molecule has 1 aromatic heterocycles. The molecule has 1 atom stereocenters. The van der Waals surface area contributed by atoms with Crippen molar-refractivity contribution < 1.29 is 4.74 Å². The summed E-state index contributed by atoms with van der Waals surface area (Å²) < 4.78 is 5.71. The number of nitrogens with one attached hydrogen (secondary N) is 1. The van der Waals surface area contributed by atoms with Crippen LogP contribution in [0.25, 0.3) is 0 Å². The van der Waals surface area contributed by atoms with Crippen molar-refractivity contribution in [3.63, 3.8) is 0 Å². The first kappa shape index (κ1) is 13.0. The summed E-state index contributed by atoms with van der Waals surface area (Å²) in [5.74, 6) is 0. The van der Waals surface area contributed by atoms with Gasteiger partial charge in [0.25, 0.3) is 0 Å². The van der Waals surface area contributed by atoms with E-state index < -0.39 is 0 Å². The molecular formula is C13H22N2OS. The monoisotopic (exact) mass is 254 g/mol. The van der Waals surface area contributed by atoms with Gasteiger partial charge in [0.05, 0.1) is 12.7 Å². The van der Waals surface area contributed by atoms with Crippen molar-refractivity contribution in [3.05, 3.63) is 21.4 Å². The summed E-state index contributed by atoms with van der Waals surface area (Å²) in [5.41, 5.74) is 1.40. The van der Waals surface area contributed by atoms with Gasteiger partial charge in [-0.25, -0.2) is 0 Å². The van der Waals surface area contributed by atoms with E-state index in [1.807, 2.05) is 11.3 Å². The predicted octanol–water partition coefficient (Wildman–Crippen LogP) is 1.79. The Labute approximate surface area is 108 Å². The molecule has 1 fully saturated rings. The smallest absolute Gasteiger partial charge is 0.0826 e. The molecule has 1 unspecified atom stereocenters. The van der Waals surface area contributed by atoms with Gasteiger partial charge < -0.3 is 15.0 Å². The average Bonchev–Trinajstić information content (AvgIpc) is 2.58. The number of hydrogen-bond acceptors (Lipinski definition) is 4. The summed E-state index contributed by atoms with van der Waals surface area (Å²) in [6.07, 6.45) is 0.343. The number of morpholine rings is 1. The zero-order valence-electron chi connectivity index (χ0n) is 11.0. The number of likely N-dealkylation sites (N-methyl/N-ethyl adjacent to an activating group) is 1. The largest absolute Gasteiger partial charge is 0.374 e. The molecule has 1 N–H and O–H groups in total. The first-order valence-corrected chi connectivity index (χ1v) is 7.03. The molecule has 0 bridgehead atoms. The van der Waals surface area contributed by atoms with E-state index >= 15 is 0 Å². The molecule has 3 nitrogen and oxygen atoms in total. The second kappa shape index (κ2) is 5.96. The van der Waals surface area contributed by atoms with E-state index in [-0.39, 0.29) is 0 Å². The van der Waals surface area contributed by atoms with E-state index in [0.29, 0.717) is 6.10 Å². The minimum absolute atomic E-state index is 0.343. The van der Waals surface area contributed by atoms with E-state index in [1.54, 1.807) is 0 Å². The maximum atomic E-state index is 5.71. The minimum atomic E-state index is 0.343. The fourth-order valence-electron chi connectivity index (χ4n) is 2.08. The third-order valence-electron chi connectivity index (χ3n) is 3.23. The Balaban J connectivity index is 1.72. The molecule has 1 aromatic rings. The first-order valence-electron chi connectivity index (χ1n) is 6.22. The standard InChI is InChI=1S/C13H22N2OS/c1-10-6-13(17-11(10)2)8-14-7-12-9-15(3)4-5-16-12/h6,12,14H,4-5,7-9H2,1-3H3. The number of aryl methyl sites for hydroxylation is 2. The Morgan fingerprint density at radius 2 is 2.35 bits per heavy atom. The Bertz CT molecular complexity index is 345. The topological polar surface area (TPSA) is 24.5 Å². The summed E-state index contributed by atoms with van der Waals surface area (Å²) in [6, 6.07) is 2.28. The molecule has 2 heterocycles. The zero-order chi connectivity index (χ0) is 12.3. The molecule has 96 valence electrons. The molecule has 0 saturated carbocycles. The van der Waals surface area contributed by atoms with E-state index in [1.165, 1.54) is 15.3 Å². The van der Waals surface area contributed by atoms with Gasteiger partial charge in [-0.2, -0.15) is 0 Å². The van der Waals surface area contributed by atoms with Crippen LogP contribution in [0.5, 0.6) is 0 Å². The molecule has 4 heteroatoms. The molecule has 1 saturated heterocycles. The summed E-state index contributed by atoms with van der Waals surface area (Å²) in [5, 5.41) is 3.49. The van der Waals surface area contributed by atoms with Gasteiger partial charge in [0.2, 0.25) is 0 Å². The van der Waals surface area contributed by atoms with E-state index in [2.05, 4.69) is 37.2 Å². The number of thiophene rings is 1. The highest BCUT2D eigenvalue weighted by atomic mass is 32.1. The zero-order valence-corrected chi connectivity index (χ0v) is 11.8. The van der Waals surface area contributed by atoms with Crippen molar-refractivity contribution in [2.24, 2.45) is 0 Å². The third-order valence-corrected chi connectivity index (χ3v) is 4.38. The Hall–Kier alpha value is -0.420. The molecular weight excluding hydrogens is 232 g/mol. The molecule has 0 aliphatic carbocycles. The van der Waals surface area contributed by atoms with E-state index in [0.717, 1.165) is 32.8 Å². The van der Waals surface area contributed by atoms with Gasteiger partial charge in [-0.15, -0.1) is 11.3 Å². The minimum Gasteiger partial charge on any atom is -0.374 e. The SMILES string of the molecule is Cc1cc(CNCC2CN(C)CCO2)sc1C. The fraction of sp³-hybridized carbons (Fsp3) is 0.692. The summed E-state index contributed by atoms with van der Waals surface area (Å²) >= 11 is 1.89. The maximum absolute atomic E-state index is 5.71.